The third kappa shape index (κ3) is 7.57. The van der Waals surface area contributed by atoms with E-state index in [-0.39, 0.29) is 16.7 Å². The first kappa shape index (κ1) is 32.1. The highest BCUT2D eigenvalue weighted by atomic mass is 16.5. The maximum absolute atomic E-state index is 13.4. The summed E-state index contributed by atoms with van der Waals surface area (Å²) in [5.41, 5.74) is 8.39. The molecule has 0 bridgehead atoms. The zero-order valence-electron chi connectivity index (χ0n) is 27.4. The Morgan fingerprint density at radius 2 is 1.56 bits per heavy atom. The molecule has 0 spiro atoms. The molecule has 0 unspecified atom stereocenters. The number of amides is 1. The lowest BCUT2D eigenvalue weighted by Crippen LogP contribution is -2.27. The van der Waals surface area contributed by atoms with Crippen LogP contribution in [0.25, 0.3) is 16.9 Å². The highest BCUT2D eigenvalue weighted by molar-refractivity contribution is 5.94. The van der Waals surface area contributed by atoms with Gasteiger partial charge in [-0.25, -0.2) is 4.68 Å². The molecule has 4 aromatic rings. The van der Waals surface area contributed by atoms with E-state index in [1.54, 1.807) is 4.68 Å². The van der Waals surface area contributed by atoms with E-state index in [1.165, 1.54) is 22.3 Å². The largest absolute Gasteiger partial charge is 0.493 e. The summed E-state index contributed by atoms with van der Waals surface area (Å²) >= 11 is 0. The second-order valence-corrected chi connectivity index (χ2v) is 13.0. The van der Waals surface area contributed by atoms with Crippen LogP contribution in [-0.4, -0.2) is 28.8 Å². The summed E-state index contributed by atoms with van der Waals surface area (Å²) in [6.07, 6.45) is 3.79. The van der Waals surface area contributed by atoms with E-state index in [9.17, 15) is 4.79 Å². The fourth-order valence-electron chi connectivity index (χ4n) is 5.05. The first-order chi connectivity index (χ1) is 20.5. The molecule has 0 aliphatic carbocycles. The summed E-state index contributed by atoms with van der Waals surface area (Å²) in [6.45, 7) is 19.0. The quantitative estimate of drug-likeness (QED) is 0.161. The van der Waals surface area contributed by atoms with Gasteiger partial charge in [-0.05, 0) is 97.4 Å². The van der Waals surface area contributed by atoms with Crippen molar-refractivity contribution in [3.8, 4) is 22.7 Å². The van der Waals surface area contributed by atoms with E-state index in [4.69, 9.17) is 9.84 Å². The van der Waals surface area contributed by atoms with E-state index < -0.39 is 0 Å². The lowest BCUT2D eigenvalue weighted by atomic mass is 9.76. The van der Waals surface area contributed by atoms with Crippen LogP contribution in [0.3, 0.4) is 0 Å². The monoisotopic (exact) mass is 579 g/mol. The highest BCUT2D eigenvalue weighted by Crippen LogP contribution is 2.38. The van der Waals surface area contributed by atoms with Gasteiger partial charge in [0.15, 0.2) is 0 Å². The minimum absolute atomic E-state index is 0.0287. The van der Waals surface area contributed by atoms with Crippen molar-refractivity contribution in [2.45, 2.75) is 91.9 Å². The molecule has 0 atom stereocenters. The lowest BCUT2D eigenvalue weighted by Gasteiger charge is -2.30. The number of hydrogen-bond donors (Lipinski definition) is 1. The van der Waals surface area contributed by atoms with Crippen molar-refractivity contribution >= 4 is 5.91 Å². The molecular formula is C38H49N3O2. The van der Waals surface area contributed by atoms with Gasteiger partial charge in [-0.1, -0.05) is 84.0 Å². The molecule has 0 fully saturated rings. The average molecular weight is 580 g/mol. The summed E-state index contributed by atoms with van der Waals surface area (Å²) < 4.78 is 8.08. The van der Waals surface area contributed by atoms with E-state index >= 15 is 0 Å². The number of nitrogens with one attached hydrogen (secondary N) is 1. The Hall–Kier alpha value is -3.86. The van der Waals surface area contributed by atoms with Crippen LogP contribution < -0.4 is 10.1 Å². The summed E-state index contributed by atoms with van der Waals surface area (Å²) in [4.78, 5) is 13.4. The van der Waals surface area contributed by atoms with E-state index in [2.05, 4.69) is 97.1 Å². The number of unbranched alkanes of at least 4 members (excludes halogenated alkanes) is 1. The normalized spacial score (nSPS) is 11.9. The lowest BCUT2D eigenvalue weighted by molar-refractivity contribution is 0.0944. The number of hydrogen-bond acceptors (Lipinski definition) is 3. The zero-order valence-corrected chi connectivity index (χ0v) is 27.4. The molecule has 0 radical (unpaired) electrons. The molecule has 1 N–H and O–H groups in total. The Labute approximate surface area is 258 Å². The Balaban J connectivity index is 1.40. The number of nitrogens with zero attached hydrogens (tertiary/aromatic N) is 2. The van der Waals surface area contributed by atoms with Crippen LogP contribution in [0.1, 0.15) is 100.0 Å². The Kier molecular flexibility index (Phi) is 10.2. The van der Waals surface area contributed by atoms with Crippen LogP contribution in [0.2, 0.25) is 0 Å². The molecule has 5 heteroatoms. The molecule has 5 nitrogen and oxygen atoms in total. The summed E-state index contributed by atoms with van der Waals surface area (Å²) in [5, 5.41) is 7.94. The van der Waals surface area contributed by atoms with Crippen molar-refractivity contribution in [3.63, 3.8) is 0 Å². The smallest absolute Gasteiger partial charge is 0.270 e. The molecule has 228 valence electrons. The van der Waals surface area contributed by atoms with Crippen molar-refractivity contribution < 1.29 is 9.53 Å². The van der Waals surface area contributed by atoms with Crippen LogP contribution in [0.4, 0.5) is 0 Å². The summed E-state index contributed by atoms with van der Waals surface area (Å²) in [5.74, 6) is 0.839. The predicted octanol–water partition coefficient (Wildman–Crippen LogP) is 9.12. The number of carbonyl (C=O) groups is 1. The van der Waals surface area contributed by atoms with E-state index in [0.717, 1.165) is 48.4 Å². The van der Waals surface area contributed by atoms with Gasteiger partial charge in [-0.3, -0.25) is 4.79 Å². The van der Waals surface area contributed by atoms with Gasteiger partial charge >= 0.3 is 0 Å². The van der Waals surface area contributed by atoms with Crippen molar-refractivity contribution in [3.05, 3.63) is 101 Å². The molecule has 1 amide bonds. The van der Waals surface area contributed by atoms with Gasteiger partial charge in [-0.15, -0.1) is 0 Å². The van der Waals surface area contributed by atoms with Crippen LogP contribution >= 0.6 is 0 Å². The summed E-state index contributed by atoms with van der Waals surface area (Å²) in [6, 6.07) is 24.7. The SMILES string of the molecule is CCC(C)(C)c1ccc(OCCCCNC(=O)c2cc(-c3ccc(C)c(C)c3)nn2-c2ccccc2)c(C(C)(C)CC)c1. The molecule has 0 saturated heterocycles. The number of rotatable bonds is 13. The molecule has 0 aliphatic rings. The molecule has 1 aromatic heterocycles. The molecular weight excluding hydrogens is 530 g/mol. The first-order valence-corrected chi connectivity index (χ1v) is 15.8. The number of benzene rings is 3. The number of aromatic nitrogens is 2. The Bertz CT molecular complexity index is 1530. The third-order valence-electron chi connectivity index (χ3n) is 9.12. The maximum atomic E-state index is 13.4. The van der Waals surface area contributed by atoms with Crippen molar-refractivity contribution in [1.29, 1.82) is 0 Å². The fraction of sp³-hybridized carbons (Fsp3) is 0.421. The number of aryl methyl sites for hydroxylation is 2. The number of para-hydroxylation sites is 1. The second kappa shape index (κ2) is 13.6. The topological polar surface area (TPSA) is 56.1 Å². The Morgan fingerprint density at radius 1 is 0.837 bits per heavy atom. The van der Waals surface area contributed by atoms with Crippen LogP contribution in [-0.2, 0) is 10.8 Å². The Morgan fingerprint density at radius 3 is 2.23 bits per heavy atom. The summed E-state index contributed by atoms with van der Waals surface area (Å²) in [7, 11) is 0. The maximum Gasteiger partial charge on any atom is 0.270 e. The van der Waals surface area contributed by atoms with Crippen LogP contribution in [0.15, 0.2) is 72.8 Å². The average Bonchev–Trinajstić information content (AvgIpc) is 3.46. The van der Waals surface area contributed by atoms with Crippen molar-refractivity contribution in [2.24, 2.45) is 0 Å². The van der Waals surface area contributed by atoms with Gasteiger partial charge in [0.2, 0.25) is 0 Å². The zero-order chi connectivity index (χ0) is 31.2. The second-order valence-electron chi connectivity index (χ2n) is 13.0. The highest BCUT2D eigenvalue weighted by Gasteiger charge is 2.26. The van der Waals surface area contributed by atoms with Gasteiger partial charge in [0, 0.05) is 17.7 Å². The standard InChI is InChI=1S/C38H49N3O2/c1-9-37(5,6)30-20-21-35(32(25-30)38(7,8)10-2)43-23-15-14-22-39-36(42)34-26-33(29-19-18-27(3)28(4)24-29)40-41(34)31-16-12-11-13-17-31/h11-13,16-21,24-26H,9-10,14-15,22-23H2,1-8H3,(H,39,42). The molecule has 0 aliphatic heterocycles. The molecule has 43 heavy (non-hydrogen) atoms. The number of ether oxygens (including phenoxy) is 1. The van der Waals surface area contributed by atoms with Crippen molar-refractivity contribution in [1.82, 2.24) is 15.1 Å². The van der Waals surface area contributed by atoms with Gasteiger partial charge in [0.1, 0.15) is 11.4 Å². The van der Waals surface area contributed by atoms with Gasteiger partial charge < -0.3 is 10.1 Å². The minimum atomic E-state index is -0.131. The van der Waals surface area contributed by atoms with E-state index in [1.807, 2.05) is 36.4 Å². The van der Waals surface area contributed by atoms with E-state index in [0.29, 0.717) is 18.8 Å². The minimum Gasteiger partial charge on any atom is -0.493 e. The number of carbonyl (C=O) groups excluding carboxylic acids is 1. The molecule has 4 rings (SSSR count). The molecule has 1 heterocycles. The van der Waals surface area contributed by atoms with Crippen LogP contribution in [0, 0.1) is 13.8 Å². The molecule has 0 saturated carbocycles. The van der Waals surface area contributed by atoms with Gasteiger partial charge in [0.05, 0.1) is 18.0 Å². The first-order valence-electron chi connectivity index (χ1n) is 15.8. The van der Waals surface area contributed by atoms with Crippen LogP contribution in [0.5, 0.6) is 5.75 Å². The fourth-order valence-corrected chi connectivity index (χ4v) is 5.05. The molecule has 3 aromatic carbocycles. The van der Waals surface area contributed by atoms with Gasteiger partial charge in [0.25, 0.3) is 5.91 Å². The van der Waals surface area contributed by atoms with Crippen molar-refractivity contribution in [2.75, 3.05) is 13.2 Å². The third-order valence-corrected chi connectivity index (χ3v) is 9.12. The van der Waals surface area contributed by atoms with Gasteiger partial charge in [-0.2, -0.15) is 5.10 Å². The predicted molar refractivity (Wildman–Crippen MR) is 179 cm³/mol.